The van der Waals surface area contributed by atoms with Crippen LogP contribution >= 0.6 is 0 Å². The molecule has 0 aliphatic carbocycles. The SMILES string of the molecule is CCc1ccc(C(N)C(F)(F)C(F)(F)F)cc1CC. The number of hydrogen-bond donors (Lipinski definition) is 1. The number of nitrogens with two attached hydrogens (primary N) is 1. The number of benzene rings is 1. The first-order valence-electron chi connectivity index (χ1n) is 5.96. The number of hydrogen-bond acceptors (Lipinski definition) is 1. The largest absolute Gasteiger partial charge is 0.455 e. The quantitative estimate of drug-likeness (QED) is 0.829. The molecule has 1 aromatic rings. The minimum atomic E-state index is -5.65. The Morgan fingerprint density at radius 2 is 1.53 bits per heavy atom. The van der Waals surface area contributed by atoms with E-state index < -0.39 is 18.1 Å². The van der Waals surface area contributed by atoms with Crippen molar-refractivity contribution in [1.82, 2.24) is 0 Å². The molecule has 0 heterocycles. The molecule has 1 nitrogen and oxygen atoms in total. The van der Waals surface area contributed by atoms with E-state index in [-0.39, 0.29) is 5.56 Å². The normalized spacial score (nSPS) is 14.5. The second-order valence-electron chi connectivity index (χ2n) is 4.33. The lowest BCUT2D eigenvalue weighted by molar-refractivity contribution is -0.291. The van der Waals surface area contributed by atoms with Gasteiger partial charge in [-0.1, -0.05) is 32.0 Å². The zero-order valence-electron chi connectivity index (χ0n) is 10.7. The summed E-state index contributed by atoms with van der Waals surface area (Å²) in [4.78, 5) is 0. The lowest BCUT2D eigenvalue weighted by Gasteiger charge is -2.26. The van der Waals surface area contributed by atoms with Crippen molar-refractivity contribution < 1.29 is 22.0 Å². The maximum absolute atomic E-state index is 13.2. The molecule has 19 heavy (non-hydrogen) atoms. The zero-order chi connectivity index (χ0) is 14.8. The van der Waals surface area contributed by atoms with Crippen LogP contribution in [0.25, 0.3) is 0 Å². The minimum Gasteiger partial charge on any atom is -0.319 e. The molecule has 1 rings (SSSR count). The van der Waals surface area contributed by atoms with Crippen LogP contribution in [0, 0.1) is 0 Å². The van der Waals surface area contributed by atoms with Gasteiger partial charge in [-0.2, -0.15) is 22.0 Å². The van der Waals surface area contributed by atoms with Gasteiger partial charge in [-0.25, -0.2) is 0 Å². The number of aryl methyl sites for hydroxylation is 2. The minimum absolute atomic E-state index is 0.198. The van der Waals surface area contributed by atoms with Crippen molar-refractivity contribution >= 4 is 0 Å². The Bertz CT molecular complexity index is 439. The Morgan fingerprint density at radius 1 is 1.00 bits per heavy atom. The molecule has 0 bridgehead atoms. The molecule has 0 radical (unpaired) electrons. The van der Waals surface area contributed by atoms with Gasteiger partial charge < -0.3 is 5.73 Å². The first-order valence-corrected chi connectivity index (χ1v) is 5.96. The Balaban J connectivity index is 3.17. The van der Waals surface area contributed by atoms with E-state index in [9.17, 15) is 22.0 Å². The van der Waals surface area contributed by atoms with Crippen molar-refractivity contribution in [3.05, 3.63) is 34.9 Å². The Labute approximate surface area is 108 Å². The predicted molar refractivity (Wildman–Crippen MR) is 63.1 cm³/mol. The molecule has 0 fully saturated rings. The van der Waals surface area contributed by atoms with E-state index in [2.05, 4.69) is 0 Å². The van der Waals surface area contributed by atoms with Crippen molar-refractivity contribution in [3.63, 3.8) is 0 Å². The van der Waals surface area contributed by atoms with Crippen molar-refractivity contribution in [2.45, 2.75) is 44.8 Å². The molecule has 1 atom stereocenters. The fourth-order valence-electron chi connectivity index (χ4n) is 1.90. The summed E-state index contributed by atoms with van der Waals surface area (Å²) in [5, 5.41) is 0. The number of alkyl halides is 5. The summed E-state index contributed by atoms with van der Waals surface area (Å²) < 4.78 is 63.2. The van der Waals surface area contributed by atoms with Crippen molar-refractivity contribution in [2.24, 2.45) is 5.73 Å². The van der Waals surface area contributed by atoms with Gasteiger partial charge in [0.05, 0.1) is 0 Å². The summed E-state index contributed by atoms with van der Waals surface area (Å²) in [7, 11) is 0. The molecule has 6 heteroatoms. The Kier molecular flexibility index (Phi) is 4.55. The zero-order valence-corrected chi connectivity index (χ0v) is 10.7. The van der Waals surface area contributed by atoms with E-state index in [0.29, 0.717) is 12.8 Å². The van der Waals surface area contributed by atoms with Gasteiger partial charge in [-0.3, -0.25) is 0 Å². The molecule has 0 aromatic heterocycles. The third-order valence-electron chi connectivity index (χ3n) is 3.12. The first-order chi connectivity index (χ1) is 8.65. The average Bonchev–Trinajstić information content (AvgIpc) is 2.35. The predicted octanol–water partition coefficient (Wildman–Crippen LogP) is 4.01. The summed E-state index contributed by atoms with van der Waals surface area (Å²) >= 11 is 0. The van der Waals surface area contributed by atoms with Crippen LogP contribution in [0.15, 0.2) is 18.2 Å². The molecule has 108 valence electrons. The monoisotopic (exact) mass is 281 g/mol. The van der Waals surface area contributed by atoms with E-state index >= 15 is 0 Å². The van der Waals surface area contributed by atoms with E-state index in [4.69, 9.17) is 5.73 Å². The number of rotatable bonds is 4. The van der Waals surface area contributed by atoms with E-state index in [1.54, 1.807) is 6.07 Å². The smallest absolute Gasteiger partial charge is 0.319 e. The number of halogens is 5. The van der Waals surface area contributed by atoms with E-state index in [1.165, 1.54) is 12.1 Å². The fraction of sp³-hybridized carbons (Fsp3) is 0.538. The van der Waals surface area contributed by atoms with E-state index in [1.807, 2.05) is 13.8 Å². The van der Waals surface area contributed by atoms with Gasteiger partial charge >= 0.3 is 12.1 Å². The average molecular weight is 281 g/mol. The molecule has 2 N–H and O–H groups in total. The maximum Gasteiger partial charge on any atom is 0.455 e. The second kappa shape index (κ2) is 5.45. The highest BCUT2D eigenvalue weighted by Gasteiger charge is 2.61. The topological polar surface area (TPSA) is 26.0 Å². The summed E-state index contributed by atoms with van der Waals surface area (Å²) in [5.41, 5.74) is 6.57. The van der Waals surface area contributed by atoms with Crippen LogP contribution in [0.3, 0.4) is 0 Å². The van der Waals surface area contributed by atoms with Gasteiger partial charge in [-0.05, 0) is 29.5 Å². The lowest BCUT2D eigenvalue weighted by Crippen LogP contribution is -2.45. The molecule has 0 aliphatic rings. The van der Waals surface area contributed by atoms with Gasteiger partial charge in [0.25, 0.3) is 0 Å². The Hall–Kier alpha value is -1.17. The van der Waals surface area contributed by atoms with Crippen LogP contribution in [0.4, 0.5) is 22.0 Å². The van der Waals surface area contributed by atoms with Crippen LogP contribution in [-0.4, -0.2) is 12.1 Å². The van der Waals surface area contributed by atoms with Crippen LogP contribution < -0.4 is 5.73 Å². The van der Waals surface area contributed by atoms with Crippen LogP contribution in [0.5, 0.6) is 0 Å². The van der Waals surface area contributed by atoms with Gasteiger partial charge in [0.15, 0.2) is 0 Å². The highest BCUT2D eigenvalue weighted by Crippen LogP contribution is 2.43. The van der Waals surface area contributed by atoms with Gasteiger partial charge in [-0.15, -0.1) is 0 Å². The summed E-state index contributed by atoms with van der Waals surface area (Å²) in [6.45, 7) is 3.70. The molecule has 0 aliphatic heterocycles. The van der Waals surface area contributed by atoms with Gasteiger partial charge in [0.2, 0.25) is 0 Å². The standard InChI is InChI=1S/C13H16F5N/c1-3-8-5-6-10(7-9(8)4-2)11(19)12(14,15)13(16,17)18/h5-7,11H,3-4,19H2,1-2H3. The highest BCUT2D eigenvalue weighted by molar-refractivity contribution is 5.34. The molecular formula is C13H16F5N. The molecule has 0 saturated carbocycles. The van der Waals surface area contributed by atoms with Crippen LogP contribution in [0.1, 0.15) is 36.6 Å². The molecule has 1 aromatic carbocycles. The Morgan fingerprint density at radius 3 is 1.95 bits per heavy atom. The molecule has 0 spiro atoms. The maximum atomic E-state index is 13.2. The fourth-order valence-corrected chi connectivity index (χ4v) is 1.90. The molecule has 0 amide bonds. The summed E-state index contributed by atoms with van der Waals surface area (Å²) in [6.07, 6.45) is -4.40. The van der Waals surface area contributed by atoms with Crippen molar-refractivity contribution in [2.75, 3.05) is 0 Å². The van der Waals surface area contributed by atoms with Crippen LogP contribution in [-0.2, 0) is 12.8 Å². The van der Waals surface area contributed by atoms with Gasteiger partial charge in [0.1, 0.15) is 6.04 Å². The molecule has 1 unspecified atom stereocenters. The van der Waals surface area contributed by atoms with Crippen molar-refractivity contribution in [1.29, 1.82) is 0 Å². The third kappa shape index (κ3) is 3.05. The van der Waals surface area contributed by atoms with Gasteiger partial charge in [0, 0.05) is 0 Å². The third-order valence-corrected chi connectivity index (χ3v) is 3.12. The van der Waals surface area contributed by atoms with Crippen LogP contribution in [0.2, 0.25) is 0 Å². The molecular weight excluding hydrogens is 265 g/mol. The summed E-state index contributed by atoms with van der Waals surface area (Å²) in [5.74, 6) is -4.94. The second-order valence-corrected chi connectivity index (χ2v) is 4.33. The lowest BCUT2D eigenvalue weighted by atomic mass is 9.94. The highest BCUT2D eigenvalue weighted by atomic mass is 19.4. The summed E-state index contributed by atoms with van der Waals surface area (Å²) in [6, 6.07) is 1.75. The first kappa shape index (κ1) is 15.9. The van der Waals surface area contributed by atoms with Crippen molar-refractivity contribution in [3.8, 4) is 0 Å². The molecule has 0 saturated heterocycles. The van der Waals surface area contributed by atoms with E-state index in [0.717, 1.165) is 11.1 Å².